The van der Waals surface area contributed by atoms with Gasteiger partial charge in [-0.15, -0.1) is 0 Å². The number of allylic oxidation sites excluding steroid dienone is 1. The second-order valence-electron chi connectivity index (χ2n) is 18.3. The van der Waals surface area contributed by atoms with Crippen molar-refractivity contribution in [3.63, 3.8) is 0 Å². The number of ketones is 1. The highest BCUT2D eigenvalue weighted by Gasteiger charge is 2.57. The molecule has 60 heavy (non-hydrogen) atoms. The highest BCUT2D eigenvalue weighted by atomic mass is 16.5. The number of carboxylic acids is 1. The van der Waals surface area contributed by atoms with Gasteiger partial charge >= 0.3 is 17.9 Å². The van der Waals surface area contributed by atoms with Crippen LogP contribution in [0.5, 0.6) is 0 Å². The summed E-state index contributed by atoms with van der Waals surface area (Å²) in [5, 5.41) is 12.6. The summed E-state index contributed by atoms with van der Waals surface area (Å²) in [6.45, 7) is 7.94. The summed E-state index contributed by atoms with van der Waals surface area (Å²) in [5.41, 5.74) is 1.25. The molecule has 0 saturated carbocycles. The smallest absolute Gasteiger partial charge is 0.341 e. The van der Waals surface area contributed by atoms with E-state index in [-0.39, 0.29) is 5.57 Å². The van der Waals surface area contributed by atoms with Crippen LogP contribution in [0.1, 0.15) is 220 Å². The maximum atomic E-state index is 14.4. The molecule has 0 spiro atoms. The molecule has 0 aromatic rings. The molecule has 0 saturated heterocycles. The number of hydrogen-bond donors (Lipinski definition) is 2. The van der Waals surface area contributed by atoms with E-state index in [2.05, 4.69) is 19.2 Å². The number of ether oxygens (including phenoxy) is 2. The van der Waals surface area contributed by atoms with Crippen molar-refractivity contribution in [3.05, 3.63) is 22.8 Å². The Kier molecular flexibility index (Phi) is 28.2. The molecule has 0 heterocycles. The van der Waals surface area contributed by atoms with E-state index in [1.165, 1.54) is 143 Å². The Morgan fingerprint density at radius 1 is 0.600 bits per heavy atom. The third kappa shape index (κ3) is 18.6. The quantitative estimate of drug-likeness (QED) is 0.0275. The molecule has 0 aromatic heterocycles. The summed E-state index contributed by atoms with van der Waals surface area (Å²) in [6.07, 6.45) is 36.6. The number of amides is 1. The minimum absolute atomic E-state index is 0.0568. The van der Waals surface area contributed by atoms with Crippen LogP contribution in [0.25, 0.3) is 0 Å². The van der Waals surface area contributed by atoms with Crippen molar-refractivity contribution in [2.75, 3.05) is 14.2 Å². The zero-order chi connectivity index (χ0) is 44.1. The fourth-order valence-corrected chi connectivity index (χ4v) is 9.66. The summed E-state index contributed by atoms with van der Waals surface area (Å²) >= 11 is 0. The predicted molar refractivity (Wildman–Crippen MR) is 242 cm³/mol. The molecule has 9 heteroatoms. The lowest BCUT2D eigenvalue weighted by Gasteiger charge is -2.38. The number of esters is 2. The van der Waals surface area contributed by atoms with Crippen LogP contribution in [0.4, 0.5) is 0 Å². The Morgan fingerprint density at radius 2 is 1.00 bits per heavy atom. The Balaban J connectivity index is 2.16. The first-order valence-electron chi connectivity index (χ1n) is 24.7. The van der Waals surface area contributed by atoms with Crippen molar-refractivity contribution >= 4 is 29.6 Å². The van der Waals surface area contributed by atoms with E-state index in [1.807, 2.05) is 0 Å². The topological polar surface area (TPSA) is 136 Å². The Morgan fingerprint density at radius 3 is 1.37 bits per heavy atom. The number of Topliss-reactive ketones (excluding diaryl/α,β-unsaturated/α-hetero) is 1. The number of carbonyl (C=O) groups is 5. The molecule has 2 aliphatic rings. The van der Waals surface area contributed by atoms with E-state index in [0.717, 1.165) is 56.9 Å². The Hall–Kier alpha value is -2.97. The van der Waals surface area contributed by atoms with Gasteiger partial charge in [0.05, 0.1) is 26.1 Å². The largest absolute Gasteiger partial charge is 0.480 e. The summed E-state index contributed by atoms with van der Waals surface area (Å²) in [6, 6.07) is -1.16. The fraction of sp³-hybridized carbons (Fsp3) is 0.824. The molecule has 2 N–H and O–H groups in total. The highest BCUT2D eigenvalue weighted by Crippen LogP contribution is 2.52. The van der Waals surface area contributed by atoms with Crippen molar-refractivity contribution in [1.29, 1.82) is 0 Å². The maximum absolute atomic E-state index is 14.4. The number of methoxy groups -OCH3 is 2. The van der Waals surface area contributed by atoms with Gasteiger partial charge in [0.2, 0.25) is 5.91 Å². The van der Waals surface area contributed by atoms with Crippen LogP contribution in [0, 0.1) is 29.6 Å². The van der Waals surface area contributed by atoms with Gasteiger partial charge in [-0.2, -0.15) is 0 Å². The fourth-order valence-electron chi connectivity index (χ4n) is 9.66. The number of fused-ring (bicyclic) bond motifs is 1. The predicted octanol–water partition coefficient (Wildman–Crippen LogP) is 12.6. The summed E-state index contributed by atoms with van der Waals surface area (Å²) in [5.74, 6) is -7.52. The highest BCUT2D eigenvalue weighted by molar-refractivity contribution is 6.22. The lowest BCUT2D eigenvalue weighted by atomic mass is 9.64. The number of unbranched alkanes of at least 4 members (excludes halogenated alkanes) is 26. The number of rotatable bonds is 36. The van der Waals surface area contributed by atoms with Gasteiger partial charge in [-0.3, -0.25) is 14.4 Å². The van der Waals surface area contributed by atoms with Gasteiger partial charge in [0.15, 0.2) is 5.78 Å². The molecule has 2 aliphatic carbocycles. The standard InChI is InChI=1S/C51H87NO8/c1-7-9-11-13-15-17-19-21-23-25-27-29-31-33-35-39-37-41(48(54)52-46(38(3)4)49(55)56)44-43(42(39)50(57)59-5)40(45(47(44)53)51(58)60-6)36-34-32-30-28-26-24-22-20-18-16-14-12-10-8-2/h37-38,41-44,46H,7-36H2,1-6H3,(H,52,54)(H,55,56). The van der Waals surface area contributed by atoms with E-state index in [4.69, 9.17) is 9.47 Å². The molecule has 0 aromatic carbocycles. The molecular weight excluding hydrogens is 755 g/mol. The summed E-state index contributed by atoms with van der Waals surface area (Å²) in [4.78, 5) is 67.9. The molecule has 5 atom stereocenters. The Labute approximate surface area is 365 Å². The Bertz CT molecular complexity index is 1330. The molecule has 9 nitrogen and oxygen atoms in total. The van der Waals surface area contributed by atoms with E-state index in [1.54, 1.807) is 19.9 Å². The minimum atomic E-state index is -1.16. The maximum Gasteiger partial charge on any atom is 0.341 e. The van der Waals surface area contributed by atoms with Gasteiger partial charge in [-0.05, 0) is 37.2 Å². The second-order valence-corrected chi connectivity index (χ2v) is 18.3. The summed E-state index contributed by atoms with van der Waals surface area (Å²) < 4.78 is 10.6. The molecule has 5 unspecified atom stereocenters. The van der Waals surface area contributed by atoms with E-state index in [0.29, 0.717) is 18.4 Å². The lowest BCUT2D eigenvalue weighted by Crippen LogP contribution is -2.51. The van der Waals surface area contributed by atoms with Crippen molar-refractivity contribution in [2.45, 2.75) is 226 Å². The van der Waals surface area contributed by atoms with Crippen LogP contribution >= 0.6 is 0 Å². The van der Waals surface area contributed by atoms with Crippen molar-refractivity contribution in [1.82, 2.24) is 5.32 Å². The van der Waals surface area contributed by atoms with E-state index < -0.39 is 65.2 Å². The first-order valence-corrected chi connectivity index (χ1v) is 24.7. The van der Waals surface area contributed by atoms with Crippen LogP contribution < -0.4 is 5.32 Å². The molecule has 0 aliphatic heterocycles. The molecular formula is C51H87NO8. The van der Waals surface area contributed by atoms with Crippen LogP contribution in [0.15, 0.2) is 22.8 Å². The van der Waals surface area contributed by atoms with Crippen molar-refractivity contribution < 1.29 is 38.6 Å². The molecule has 2 rings (SSSR count). The molecule has 1 amide bonds. The molecule has 0 radical (unpaired) electrons. The van der Waals surface area contributed by atoms with Gasteiger partial charge in [-0.1, -0.05) is 206 Å². The van der Waals surface area contributed by atoms with Crippen molar-refractivity contribution in [2.24, 2.45) is 29.6 Å². The molecule has 344 valence electrons. The van der Waals surface area contributed by atoms with E-state index >= 15 is 0 Å². The third-order valence-electron chi connectivity index (χ3n) is 13.2. The van der Waals surface area contributed by atoms with E-state index in [9.17, 15) is 29.1 Å². The second kappa shape index (κ2) is 31.8. The monoisotopic (exact) mass is 842 g/mol. The summed E-state index contributed by atoms with van der Waals surface area (Å²) in [7, 11) is 2.59. The van der Waals surface area contributed by atoms with Crippen LogP contribution in [0.2, 0.25) is 0 Å². The number of aliphatic carboxylic acids is 1. The van der Waals surface area contributed by atoms with Crippen LogP contribution in [0.3, 0.4) is 0 Å². The normalized spacial score (nSPS) is 19.3. The lowest BCUT2D eigenvalue weighted by molar-refractivity contribution is -0.148. The number of nitrogens with one attached hydrogen (secondary N) is 1. The SMILES string of the molecule is CCCCCCCCCCCCCCCCC1=CC(C(=O)NC(C(=O)O)C(C)C)C2C(=O)C(C(=O)OC)=C(CCCCCCCCCCCCCCCC)C2C1C(=O)OC. The number of carboxylic acid groups (broad SMARTS) is 1. The van der Waals surface area contributed by atoms with Crippen LogP contribution in [-0.4, -0.2) is 55.0 Å². The molecule has 0 fully saturated rings. The van der Waals surface area contributed by atoms with Gasteiger partial charge < -0.3 is 19.9 Å². The zero-order valence-corrected chi connectivity index (χ0v) is 39.1. The van der Waals surface area contributed by atoms with Gasteiger partial charge in [0, 0.05) is 11.8 Å². The van der Waals surface area contributed by atoms with Gasteiger partial charge in [0.25, 0.3) is 0 Å². The van der Waals surface area contributed by atoms with Crippen LogP contribution in [-0.2, 0) is 33.4 Å². The number of hydrogen-bond acceptors (Lipinski definition) is 7. The zero-order valence-electron chi connectivity index (χ0n) is 39.1. The van der Waals surface area contributed by atoms with Gasteiger partial charge in [0.1, 0.15) is 11.6 Å². The minimum Gasteiger partial charge on any atom is -0.480 e. The van der Waals surface area contributed by atoms with Crippen molar-refractivity contribution in [3.8, 4) is 0 Å². The molecule has 0 bridgehead atoms. The third-order valence-corrected chi connectivity index (χ3v) is 13.2. The van der Waals surface area contributed by atoms with Gasteiger partial charge in [-0.25, -0.2) is 9.59 Å². The number of carbonyl (C=O) groups excluding carboxylic acids is 4. The average molecular weight is 842 g/mol. The average Bonchev–Trinajstić information content (AvgIpc) is 3.52. The first-order chi connectivity index (χ1) is 29.0. The first kappa shape index (κ1) is 53.2.